The number of guanidine groups is 1. The first-order valence-corrected chi connectivity index (χ1v) is 8.29. The van der Waals surface area contributed by atoms with E-state index in [0.717, 1.165) is 11.3 Å². The highest BCUT2D eigenvalue weighted by atomic mass is 16.5. The molecular formula is C18H30N4O2. The van der Waals surface area contributed by atoms with Crippen molar-refractivity contribution >= 4 is 17.6 Å². The zero-order valence-corrected chi connectivity index (χ0v) is 15.3. The molecule has 0 heterocycles. The van der Waals surface area contributed by atoms with Gasteiger partial charge < -0.3 is 20.7 Å². The molecule has 1 aromatic rings. The van der Waals surface area contributed by atoms with Gasteiger partial charge in [-0.05, 0) is 30.5 Å². The SMILES string of the molecule is CN=C(NCc1cccc(NC(=O)CC(C)C)c1)NC(C)COC. The van der Waals surface area contributed by atoms with Crippen molar-refractivity contribution in [3.8, 4) is 0 Å². The monoisotopic (exact) mass is 334 g/mol. The number of anilines is 1. The summed E-state index contributed by atoms with van der Waals surface area (Å²) in [6.45, 7) is 7.32. The molecule has 1 atom stereocenters. The van der Waals surface area contributed by atoms with Crippen LogP contribution >= 0.6 is 0 Å². The highest BCUT2D eigenvalue weighted by Gasteiger charge is 2.07. The third-order valence-electron chi connectivity index (χ3n) is 3.29. The molecule has 3 N–H and O–H groups in total. The predicted molar refractivity (Wildman–Crippen MR) is 99.2 cm³/mol. The zero-order valence-electron chi connectivity index (χ0n) is 15.3. The Morgan fingerprint density at radius 2 is 2.04 bits per heavy atom. The highest BCUT2D eigenvalue weighted by Crippen LogP contribution is 2.12. The summed E-state index contributed by atoms with van der Waals surface area (Å²) >= 11 is 0. The number of ether oxygens (including phenoxy) is 1. The lowest BCUT2D eigenvalue weighted by Gasteiger charge is -2.17. The van der Waals surface area contributed by atoms with Crippen molar-refractivity contribution in [3.63, 3.8) is 0 Å². The van der Waals surface area contributed by atoms with Crippen molar-refractivity contribution in [2.24, 2.45) is 10.9 Å². The van der Waals surface area contributed by atoms with E-state index >= 15 is 0 Å². The summed E-state index contributed by atoms with van der Waals surface area (Å²) in [4.78, 5) is 16.1. The number of rotatable bonds is 8. The van der Waals surface area contributed by atoms with Gasteiger partial charge in [0.05, 0.1) is 6.61 Å². The standard InChI is InChI=1S/C18H30N4O2/c1-13(2)9-17(23)22-16-8-6-7-15(10-16)11-20-18(19-4)21-14(3)12-24-5/h6-8,10,13-14H,9,11-12H2,1-5H3,(H,22,23)(H2,19,20,21). The van der Waals surface area contributed by atoms with E-state index < -0.39 is 0 Å². The minimum atomic E-state index is 0.0426. The molecule has 6 heteroatoms. The van der Waals surface area contributed by atoms with E-state index in [4.69, 9.17) is 4.74 Å². The molecule has 1 aromatic carbocycles. The number of carbonyl (C=O) groups excluding carboxylic acids is 1. The summed E-state index contributed by atoms with van der Waals surface area (Å²) in [7, 11) is 3.41. The first-order chi connectivity index (χ1) is 11.4. The van der Waals surface area contributed by atoms with E-state index in [0.29, 0.717) is 31.4 Å². The van der Waals surface area contributed by atoms with E-state index in [1.165, 1.54) is 0 Å². The molecule has 0 fully saturated rings. The van der Waals surface area contributed by atoms with Gasteiger partial charge in [-0.3, -0.25) is 9.79 Å². The number of hydrogen-bond donors (Lipinski definition) is 3. The maximum absolute atomic E-state index is 11.9. The number of carbonyl (C=O) groups is 1. The molecule has 0 aliphatic heterocycles. The molecule has 1 rings (SSSR count). The summed E-state index contributed by atoms with van der Waals surface area (Å²) in [5.74, 6) is 1.10. The number of methoxy groups -OCH3 is 1. The molecular weight excluding hydrogens is 304 g/mol. The number of aliphatic imine (C=N–C) groups is 1. The highest BCUT2D eigenvalue weighted by molar-refractivity contribution is 5.90. The average Bonchev–Trinajstić information content (AvgIpc) is 2.51. The van der Waals surface area contributed by atoms with Gasteiger partial charge in [-0.25, -0.2) is 0 Å². The van der Waals surface area contributed by atoms with Crippen LogP contribution in [0.1, 0.15) is 32.8 Å². The molecule has 0 aliphatic rings. The van der Waals surface area contributed by atoms with Crippen molar-refractivity contribution < 1.29 is 9.53 Å². The van der Waals surface area contributed by atoms with Crippen LogP contribution in [0.2, 0.25) is 0 Å². The van der Waals surface area contributed by atoms with Crippen LogP contribution in [0.15, 0.2) is 29.3 Å². The first-order valence-electron chi connectivity index (χ1n) is 8.29. The molecule has 0 bridgehead atoms. The van der Waals surface area contributed by atoms with Crippen LogP contribution in [0, 0.1) is 5.92 Å². The average molecular weight is 334 g/mol. The Balaban J connectivity index is 2.56. The Kier molecular flexibility index (Phi) is 8.86. The molecule has 0 radical (unpaired) electrons. The molecule has 0 aliphatic carbocycles. The second-order valence-electron chi connectivity index (χ2n) is 6.27. The fourth-order valence-electron chi connectivity index (χ4n) is 2.25. The number of hydrogen-bond acceptors (Lipinski definition) is 3. The quantitative estimate of drug-likeness (QED) is 0.504. The summed E-state index contributed by atoms with van der Waals surface area (Å²) in [5.41, 5.74) is 1.88. The van der Waals surface area contributed by atoms with E-state index in [2.05, 4.69) is 20.9 Å². The van der Waals surface area contributed by atoms with Crippen molar-refractivity contribution in [2.45, 2.75) is 39.8 Å². The van der Waals surface area contributed by atoms with Crippen molar-refractivity contribution in [2.75, 3.05) is 26.1 Å². The minimum absolute atomic E-state index is 0.0426. The van der Waals surface area contributed by atoms with Crippen molar-refractivity contribution in [1.29, 1.82) is 0 Å². The van der Waals surface area contributed by atoms with Crippen LogP contribution in [0.25, 0.3) is 0 Å². The van der Waals surface area contributed by atoms with Crippen molar-refractivity contribution in [1.82, 2.24) is 10.6 Å². The summed E-state index contributed by atoms with van der Waals surface area (Å²) in [5, 5.41) is 9.44. The van der Waals surface area contributed by atoms with Crippen LogP contribution in [-0.4, -0.2) is 38.7 Å². The summed E-state index contributed by atoms with van der Waals surface area (Å²) in [6.07, 6.45) is 0.524. The van der Waals surface area contributed by atoms with Crippen LogP contribution in [0.3, 0.4) is 0 Å². The van der Waals surface area contributed by atoms with E-state index in [-0.39, 0.29) is 11.9 Å². The smallest absolute Gasteiger partial charge is 0.224 e. The Morgan fingerprint density at radius 1 is 1.29 bits per heavy atom. The van der Waals surface area contributed by atoms with Gasteiger partial charge >= 0.3 is 0 Å². The van der Waals surface area contributed by atoms with Gasteiger partial charge in [0.2, 0.25) is 5.91 Å². The first kappa shape index (κ1) is 20.0. The fourth-order valence-corrected chi connectivity index (χ4v) is 2.25. The molecule has 0 saturated carbocycles. The van der Waals surface area contributed by atoms with E-state index in [9.17, 15) is 4.79 Å². The second kappa shape index (κ2) is 10.6. The van der Waals surface area contributed by atoms with Gasteiger partial charge in [-0.2, -0.15) is 0 Å². The van der Waals surface area contributed by atoms with Crippen molar-refractivity contribution in [3.05, 3.63) is 29.8 Å². The Bertz CT molecular complexity index is 544. The van der Waals surface area contributed by atoms with Gasteiger partial charge in [0.25, 0.3) is 0 Å². The lowest BCUT2D eigenvalue weighted by atomic mass is 10.1. The summed E-state index contributed by atoms with van der Waals surface area (Å²) < 4.78 is 5.11. The van der Waals surface area contributed by atoms with Gasteiger partial charge in [0.1, 0.15) is 0 Å². The van der Waals surface area contributed by atoms with E-state index in [1.807, 2.05) is 45.0 Å². The number of amides is 1. The number of benzene rings is 1. The number of nitrogens with one attached hydrogen (secondary N) is 3. The lowest BCUT2D eigenvalue weighted by molar-refractivity contribution is -0.116. The third kappa shape index (κ3) is 7.97. The van der Waals surface area contributed by atoms with Crippen LogP contribution in [0.4, 0.5) is 5.69 Å². The maximum atomic E-state index is 11.9. The Hall–Kier alpha value is -2.08. The second-order valence-corrected chi connectivity index (χ2v) is 6.27. The molecule has 0 saturated heterocycles. The Morgan fingerprint density at radius 3 is 2.67 bits per heavy atom. The van der Waals surface area contributed by atoms with Gasteiger partial charge in [0, 0.05) is 38.9 Å². The Labute approximate surface area is 145 Å². The zero-order chi connectivity index (χ0) is 17.9. The maximum Gasteiger partial charge on any atom is 0.224 e. The van der Waals surface area contributed by atoms with Gasteiger partial charge in [-0.15, -0.1) is 0 Å². The van der Waals surface area contributed by atoms with Crippen LogP contribution < -0.4 is 16.0 Å². The molecule has 0 aromatic heterocycles. The van der Waals surface area contributed by atoms with Gasteiger partial charge in [-0.1, -0.05) is 26.0 Å². The predicted octanol–water partition coefficient (Wildman–Crippen LogP) is 2.37. The molecule has 1 unspecified atom stereocenters. The largest absolute Gasteiger partial charge is 0.383 e. The normalized spacial score (nSPS) is 12.8. The molecule has 24 heavy (non-hydrogen) atoms. The third-order valence-corrected chi connectivity index (χ3v) is 3.29. The summed E-state index contributed by atoms with van der Waals surface area (Å²) in [6, 6.07) is 7.98. The molecule has 134 valence electrons. The molecule has 1 amide bonds. The molecule has 0 spiro atoms. The lowest BCUT2D eigenvalue weighted by Crippen LogP contribution is -2.43. The van der Waals surface area contributed by atoms with Gasteiger partial charge in [0.15, 0.2) is 5.96 Å². The topological polar surface area (TPSA) is 74.8 Å². The molecule has 6 nitrogen and oxygen atoms in total. The number of nitrogens with zero attached hydrogens (tertiary/aromatic N) is 1. The van der Waals surface area contributed by atoms with Crippen LogP contribution in [-0.2, 0) is 16.1 Å². The van der Waals surface area contributed by atoms with Crippen LogP contribution in [0.5, 0.6) is 0 Å². The fraction of sp³-hybridized carbons (Fsp3) is 0.556. The van der Waals surface area contributed by atoms with E-state index in [1.54, 1.807) is 14.2 Å². The minimum Gasteiger partial charge on any atom is -0.383 e.